The average molecular weight is 251 g/mol. The Kier molecular flexibility index (Phi) is 4.28. The van der Waals surface area contributed by atoms with Gasteiger partial charge in [-0.25, -0.2) is 0 Å². The number of anilines is 1. The van der Waals surface area contributed by atoms with Crippen molar-refractivity contribution in [1.29, 1.82) is 0 Å². The highest BCUT2D eigenvalue weighted by molar-refractivity contribution is 7.80. The molecular weight excluding hydrogens is 234 g/mol. The lowest BCUT2D eigenvalue weighted by Crippen LogP contribution is -2.24. The van der Waals surface area contributed by atoms with Crippen molar-refractivity contribution in [3.63, 3.8) is 0 Å². The van der Waals surface area contributed by atoms with E-state index in [2.05, 4.69) is 10.3 Å². The summed E-state index contributed by atoms with van der Waals surface area (Å²) in [5.41, 5.74) is 7.21. The van der Waals surface area contributed by atoms with Gasteiger partial charge in [-0.2, -0.15) is 0 Å². The first kappa shape index (κ1) is 12.3. The van der Waals surface area contributed by atoms with Crippen molar-refractivity contribution in [3.8, 4) is 0 Å². The zero-order valence-corrected chi connectivity index (χ0v) is 10.5. The summed E-state index contributed by atoms with van der Waals surface area (Å²) in [7, 11) is 0. The Morgan fingerprint density at radius 3 is 3.24 bits per heavy atom. The molecule has 1 aliphatic rings. The highest BCUT2D eigenvalue weighted by Gasteiger charge is 2.13. The molecule has 5 heteroatoms. The van der Waals surface area contributed by atoms with Gasteiger partial charge in [-0.3, -0.25) is 4.98 Å². The molecule has 4 nitrogen and oxygen atoms in total. The van der Waals surface area contributed by atoms with Crippen LogP contribution in [0.5, 0.6) is 0 Å². The Balaban J connectivity index is 1.89. The first-order chi connectivity index (χ1) is 8.25. The van der Waals surface area contributed by atoms with E-state index in [1.54, 1.807) is 6.20 Å². The zero-order valence-electron chi connectivity index (χ0n) is 9.69. The summed E-state index contributed by atoms with van der Waals surface area (Å²) in [6, 6.07) is 3.80. The summed E-state index contributed by atoms with van der Waals surface area (Å²) in [4.78, 5) is 4.43. The molecule has 2 rings (SSSR count). The molecule has 0 aliphatic carbocycles. The summed E-state index contributed by atoms with van der Waals surface area (Å²) in [5.74, 6) is 0.588. The van der Waals surface area contributed by atoms with Crippen molar-refractivity contribution in [3.05, 3.63) is 24.0 Å². The molecule has 0 aromatic carbocycles. The predicted molar refractivity (Wildman–Crippen MR) is 72.2 cm³/mol. The number of thiocarbonyl (C=S) groups is 1. The van der Waals surface area contributed by atoms with Crippen LogP contribution >= 0.6 is 12.2 Å². The number of nitrogens with one attached hydrogen (secondary N) is 1. The van der Waals surface area contributed by atoms with Crippen LogP contribution in [0.15, 0.2) is 18.3 Å². The second-order valence-electron chi connectivity index (χ2n) is 4.26. The second kappa shape index (κ2) is 5.93. The lowest BCUT2D eigenvalue weighted by Gasteiger charge is -2.22. The van der Waals surface area contributed by atoms with Crippen LogP contribution < -0.4 is 11.1 Å². The number of hydrogen-bond donors (Lipinski definition) is 2. The number of aromatic nitrogens is 1. The van der Waals surface area contributed by atoms with Gasteiger partial charge in [0, 0.05) is 25.0 Å². The summed E-state index contributed by atoms with van der Waals surface area (Å²) in [6.45, 7) is 2.67. The Bertz CT molecular complexity index is 391. The molecule has 1 aromatic rings. The van der Waals surface area contributed by atoms with Gasteiger partial charge in [-0.05, 0) is 30.9 Å². The minimum absolute atomic E-state index is 0.328. The van der Waals surface area contributed by atoms with Crippen molar-refractivity contribution in [1.82, 2.24) is 4.98 Å². The number of hydrogen-bond acceptors (Lipinski definition) is 4. The van der Waals surface area contributed by atoms with Crippen LogP contribution in [0.4, 0.5) is 5.69 Å². The van der Waals surface area contributed by atoms with Gasteiger partial charge in [0.05, 0.1) is 12.3 Å². The van der Waals surface area contributed by atoms with E-state index < -0.39 is 0 Å². The van der Waals surface area contributed by atoms with Gasteiger partial charge in [-0.15, -0.1) is 0 Å². The van der Waals surface area contributed by atoms with Crippen molar-refractivity contribution in [2.45, 2.75) is 12.8 Å². The third kappa shape index (κ3) is 3.64. The minimum atomic E-state index is 0.328. The molecule has 3 N–H and O–H groups in total. The van der Waals surface area contributed by atoms with E-state index in [1.165, 1.54) is 6.42 Å². The number of pyridine rings is 1. The van der Waals surface area contributed by atoms with Crippen LogP contribution in [0.1, 0.15) is 18.5 Å². The average Bonchev–Trinajstić information content (AvgIpc) is 2.38. The first-order valence-corrected chi connectivity index (χ1v) is 6.24. The Labute approximate surface area is 107 Å². The van der Waals surface area contributed by atoms with E-state index in [0.717, 1.165) is 31.9 Å². The van der Waals surface area contributed by atoms with Crippen molar-refractivity contribution < 1.29 is 4.74 Å². The van der Waals surface area contributed by atoms with E-state index in [-0.39, 0.29) is 0 Å². The van der Waals surface area contributed by atoms with Gasteiger partial charge in [-0.1, -0.05) is 12.2 Å². The molecule has 0 bridgehead atoms. The molecule has 0 spiro atoms. The molecule has 0 amide bonds. The fraction of sp³-hybridized carbons (Fsp3) is 0.500. The molecular formula is C12H17N3OS. The van der Waals surface area contributed by atoms with Crippen molar-refractivity contribution in [2.75, 3.05) is 25.1 Å². The summed E-state index contributed by atoms with van der Waals surface area (Å²) in [5, 5.41) is 3.37. The summed E-state index contributed by atoms with van der Waals surface area (Å²) < 4.78 is 5.44. The monoisotopic (exact) mass is 251 g/mol. The molecule has 92 valence electrons. The van der Waals surface area contributed by atoms with Gasteiger partial charge in [0.15, 0.2) is 0 Å². The highest BCUT2D eigenvalue weighted by Crippen LogP contribution is 2.15. The molecule has 17 heavy (non-hydrogen) atoms. The molecule has 1 fully saturated rings. The minimum Gasteiger partial charge on any atom is -0.388 e. The number of rotatable bonds is 4. The predicted octanol–water partition coefficient (Wildman–Crippen LogP) is 1.55. The Morgan fingerprint density at radius 2 is 2.53 bits per heavy atom. The lowest BCUT2D eigenvalue weighted by atomic mass is 10.0. The van der Waals surface area contributed by atoms with Crippen LogP contribution in [-0.4, -0.2) is 29.7 Å². The quantitative estimate of drug-likeness (QED) is 0.795. The third-order valence-corrected chi connectivity index (χ3v) is 3.07. The fourth-order valence-electron chi connectivity index (χ4n) is 1.91. The number of nitrogens with two attached hydrogens (primary N) is 1. The Morgan fingerprint density at radius 1 is 1.65 bits per heavy atom. The van der Waals surface area contributed by atoms with Gasteiger partial charge >= 0.3 is 0 Å². The number of nitrogens with zero attached hydrogens (tertiary/aromatic N) is 1. The van der Waals surface area contributed by atoms with Crippen molar-refractivity contribution in [2.24, 2.45) is 11.7 Å². The van der Waals surface area contributed by atoms with Gasteiger partial charge in [0.1, 0.15) is 4.99 Å². The summed E-state index contributed by atoms with van der Waals surface area (Å²) >= 11 is 4.90. The third-order valence-electron chi connectivity index (χ3n) is 2.86. The standard InChI is InChI=1S/C12H17N3OS/c13-12(17)11-6-10(3-4-14-11)15-7-9-2-1-5-16-8-9/h3-4,6,9H,1-2,5,7-8H2,(H2,13,17)(H,14,15). The van der Waals surface area contributed by atoms with E-state index in [0.29, 0.717) is 16.6 Å². The smallest absolute Gasteiger partial charge is 0.122 e. The molecule has 1 atom stereocenters. The van der Waals surface area contributed by atoms with Crippen molar-refractivity contribution >= 4 is 22.9 Å². The maximum absolute atomic E-state index is 5.54. The van der Waals surface area contributed by atoms with Gasteiger partial charge < -0.3 is 15.8 Å². The molecule has 1 saturated heterocycles. The van der Waals surface area contributed by atoms with E-state index in [1.807, 2.05) is 12.1 Å². The van der Waals surface area contributed by atoms with E-state index in [4.69, 9.17) is 22.7 Å². The SMILES string of the molecule is NC(=S)c1cc(NCC2CCCOC2)ccn1. The molecule has 1 aromatic heterocycles. The summed E-state index contributed by atoms with van der Waals surface area (Å²) in [6.07, 6.45) is 4.09. The normalized spacial score (nSPS) is 19.9. The van der Waals surface area contributed by atoms with E-state index >= 15 is 0 Å². The molecule has 2 heterocycles. The highest BCUT2D eigenvalue weighted by atomic mass is 32.1. The van der Waals surface area contributed by atoms with Crippen LogP contribution in [-0.2, 0) is 4.74 Å². The lowest BCUT2D eigenvalue weighted by molar-refractivity contribution is 0.0595. The maximum atomic E-state index is 5.54. The first-order valence-electron chi connectivity index (χ1n) is 5.83. The second-order valence-corrected chi connectivity index (χ2v) is 4.70. The Hall–Kier alpha value is -1.20. The largest absolute Gasteiger partial charge is 0.388 e. The maximum Gasteiger partial charge on any atom is 0.122 e. The molecule has 0 radical (unpaired) electrons. The van der Waals surface area contributed by atoms with Crippen LogP contribution in [0.2, 0.25) is 0 Å². The van der Waals surface area contributed by atoms with Gasteiger partial charge in [0.25, 0.3) is 0 Å². The molecule has 1 unspecified atom stereocenters. The van der Waals surface area contributed by atoms with Crippen LogP contribution in [0.25, 0.3) is 0 Å². The molecule has 1 aliphatic heterocycles. The van der Waals surface area contributed by atoms with Crippen LogP contribution in [0, 0.1) is 5.92 Å². The zero-order chi connectivity index (χ0) is 12.1. The fourth-order valence-corrected chi connectivity index (χ4v) is 2.02. The number of ether oxygens (including phenoxy) is 1. The van der Waals surface area contributed by atoms with E-state index in [9.17, 15) is 0 Å². The van der Waals surface area contributed by atoms with Gasteiger partial charge in [0.2, 0.25) is 0 Å². The van der Waals surface area contributed by atoms with Crippen LogP contribution in [0.3, 0.4) is 0 Å². The topological polar surface area (TPSA) is 60.2 Å². The molecule has 0 saturated carbocycles.